The number of phenolic OH excluding ortho intramolecular Hbond substituents is 1. The molecule has 0 aromatic heterocycles. The van der Waals surface area contributed by atoms with Gasteiger partial charge in [0, 0.05) is 17.2 Å². The molecule has 2 aliphatic rings. The van der Waals surface area contributed by atoms with Crippen LogP contribution in [0.4, 0.5) is 0 Å². The number of ether oxygens (including phenoxy) is 3. The van der Waals surface area contributed by atoms with Crippen molar-refractivity contribution in [2.24, 2.45) is 0 Å². The fourth-order valence-electron chi connectivity index (χ4n) is 3.70. The molecule has 6 nitrogen and oxygen atoms in total. The number of hydrogen-bond donors (Lipinski definition) is 3. The van der Waals surface area contributed by atoms with Crippen molar-refractivity contribution in [3.63, 3.8) is 0 Å². The summed E-state index contributed by atoms with van der Waals surface area (Å²) in [5.41, 5.74) is 0.802. The van der Waals surface area contributed by atoms with Gasteiger partial charge in [0.1, 0.15) is 29.6 Å². The van der Waals surface area contributed by atoms with Gasteiger partial charge in [-0.15, -0.1) is 0 Å². The van der Waals surface area contributed by atoms with E-state index in [1.165, 1.54) is 18.2 Å². The van der Waals surface area contributed by atoms with Crippen LogP contribution in [0.2, 0.25) is 0 Å². The van der Waals surface area contributed by atoms with Crippen molar-refractivity contribution in [2.45, 2.75) is 31.7 Å². The minimum absolute atomic E-state index is 0.00390. The smallest absolute Gasteiger partial charge is 0.275 e. The summed E-state index contributed by atoms with van der Waals surface area (Å²) >= 11 is 0. The predicted octanol–water partition coefficient (Wildman–Crippen LogP) is 2.73. The second kappa shape index (κ2) is 5.90. The van der Waals surface area contributed by atoms with Gasteiger partial charge >= 0.3 is 0 Å². The van der Waals surface area contributed by atoms with E-state index < -0.39 is 11.4 Å². The minimum Gasteiger partial charge on any atom is -0.508 e. The van der Waals surface area contributed by atoms with Gasteiger partial charge in [0.2, 0.25) is 0 Å². The molecule has 142 valence electrons. The summed E-state index contributed by atoms with van der Waals surface area (Å²) in [6.45, 7) is 3.78. The summed E-state index contributed by atoms with van der Waals surface area (Å²) in [4.78, 5) is 0. The highest BCUT2D eigenvalue weighted by molar-refractivity contribution is 5.60. The Morgan fingerprint density at radius 1 is 1.19 bits per heavy atom. The molecular formula is C21H22O6. The van der Waals surface area contributed by atoms with Gasteiger partial charge < -0.3 is 29.5 Å². The zero-order valence-corrected chi connectivity index (χ0v) is 15.4. The lowest BCUT2D eigenvalue weighted by atomic mass is 9.81. The van der Waals surface area contributed by atoms with Gasteiger partial charge in [-0.25, -0.2) is 0 Å². The first-order valence-electron chi connectivity index (χ1n) is 8.74. The van der Waals surface area contributed by atoms with E-state index >= 15 is 0 Å². The second-order valence-corrected chi connectivity index (χ2v) is 7.18. The number of hydrogen-bond acceptors (Lipinski definition) is 6. The summed E-state index contributed by atoms with van der Waals surface area (Å²) in [5, 5.41) is 32.5. The number of aromatic hydroxyl groups is 1. The van der Waals surface area contributed by atoms with E-state index in [9.17, 15) is 15.3 Å². The van der Waals surface area contributed by atoms with Crippen LogP contribution in [0.15, 0.2) is 42.0 Å². The Labute approximate surface area is 157 Å². The number of allylic oxidation sites excluding steroid dienone is 2. The summed E-state index contributed by atoms with van der Waals surface area (Å²) in [6.07, 6.45) is 2.56. The van der Waals surface area contributed by atoms with E-state index in [0.717, 1.165) is 11.1 Å². The molecule has 27 heavy (non-hydrogen) atoms. The molecule has 0 saturated heterocycles. The number of aliphatic hydroxyl groups is 2. The molecule has 0 spiro atoms. The molecule has 0 saturated carbocycles. The fraction of sp³-hybridized carbons (Fsp3) is 0.333. The zero-order chi connectivity index (χ0) is 19.4. The average Bonchev–Trinajstić information content (AvgIpc) is 2.87. The molecule has 2 aromatic carbocycles. The Hall–Kier alpha value is -2.70. The molecule has 3 N–H and O–H groups in total. The third-order valence-corrected chi connectivity index (χ3v) is 5.17. The molecule has 2 unspecified atom stereocenters. The fourth-order valence-corrected chi connectivity index (χ4v) is 3.70. The summed E-state index contributed by atoms with van der Waals surface area (Å²) in [5.74, 6) is -0.745. The first-order valence-corrected chi connectivity index (χ1v) is 8.74. The lowest BCUT2D eigenvalue weighted by molar-refractivity contribution is -0.272. The van der Waals surface area contributed by atoms with Crippen LogP contribution in [-0.2, 0) is 17.8 Å². The van der Waals surface area contributed by atoms with Crippen LogP contribution < -0.4 is 14.2 Å². The van der Waals surface area contributed by atoms with Crippen molar-refractivity contribution in [1.82, 2.24) is 0 Å². The van der Waals surface area contributed by atoms with Gasteiger partial charge in [-0.3, -0.25) is 0 Å². The molecule has 4 rings (SSSR count). The van der Waals surface area contributed by atoms with Gasteiger partial charge in [-0.05, 0) is 44.5 Å². The Bertz CT molecular complexity index is 946. The predicted molar refractivity (Wildman–Crippen MR) is 98.2 cm³/mol. The monoisotopic (exact) mass is 370 g/mol. The van der Waals surface area contributed by atoms with Crippen LogP contribution in [0.25, 0.3) is 0 Å². The van der Waals surface area contributed by atoms with Crippen molar-refractivity contribution in [3.05, 3.63) is 58.7 Å². The van der Waals surface area contributed by atoms with E-state index in [0.29, 0.717) is 23.5 Å². The number of phenols is 1. The minimum atomic E-state index is -2.03. The third kappa shape index (κ3) is 2.40. The van der Waals surface area contributed by atoms with Gasteiger partial charge in [-0.2, -0.15) is 0 Å². The van der Waals surface area contributed by atoms with Crippen LogP contribution in [0.5, 0.6) is 23.0 Å². The van der Waals surface area contributed by atoms with Crippen LogP contribution in [0, 0.1) is 0 Å². The van der Waals surface area contributed by atoms with Gasteiger partial charge in [0.05, 0.1) is 12.7 Å². The van der Waals surface area contributed by atoms with Gasteiger partial charge in [0.25, 0.3) is 5.79 Å². The van der Waals surface area contributed by atoms with Crippen molar-refractivity contribution in [3.8, 4) is 23.0 Å². The summed E-state index contributed by atoms with van der Waals surface area (Å²) < 4.78 is 17.1. The quantitative estimate of drug-likeness (QED) is 0.720. The Balaban J connectivity index is 1.91. The maximum Gasteiger partial charge on any atom is 0.275 e. The highest BCUT2D eigenvalue weighted by Crippen LogP contribution is 2.58. The molecule has 0 bridgehead atoms. The molecule has 2 atom stereocenters. The molecule has 0 fully saturated rings. The number of benzene rings is 2. The van der Waals surface area contributed by atoms with E-state index in [2.05, 4.69) is 0 Å². The highest BCUT2D eigenvalue weighted by Gasteiger charge is 2.64. The topological polar surface area (TPSA) is 88.4 Å². The lowest BCUT2D eigenvalue weighted by Gasteiger charge is -2.40. The highest BCUT2D eigenvalue weighted by atomic mass is 16.7. The molecule has 2 heterocycles. The van der Waals surface area contributed by atoms with Crippen LogP contribution in [0.1, 0.15) is 30.5 Å². The SMILES string of the molecule is COc1ccc2c(c1CC=C(C)C)OC1(O)c3ccc(O)cc3OCC21O. The number of fused-ring (bicyclic) bond motifs is 5. The summed E-state index contributed by atoms with van der Waals surface area (Å²) in [7, 11) is 1.57. The van der Waals surface area contributed by atoms with E-state index in [-0.39, 0.29) is 23.7 Å². The van der Waals surface area contributed by atoms with Crippen molar-refractivity contribution >= 4 is 0 Å². The number of methoxy groups -OCH3 is 1. The number of rotatable bonds is 3. The molecular weight excluding hydrogens is 348 g/mol. The normalized spacial score (nSPS) is 24.8. The lowest BCUT2D eigenvalue weighted by Crippen LogP contribution is -2.55. The molecule has 0 amide bonds. The van der Waals surface area contributed by atoms with E-state index in [1.807, 2.05) is 19.9 Å². The van der Waals surface area contributed by atoms with E-state index in [1.54, 1.807) is 19.2 Å². The van der Waals surface area contributed by atoms with Gasteiger partial charge in [-0.1, -0.05) is 11.6 Å². The average molecular weight is 370 g/mol. The molecule has 2 aromatic rings. The van der Waals surface area contributed by atoms with Crippen LogP contribution >= 0.6 is 0 Å². The van der Waals surface area contributed by atoms with Crippen molar-refractivity contribution in [2.75, 3.05) is 13.7 Å². The summed E-state index contributed by atoms with van der Waals surface area (Å²) in [6, 6.07) is 7.75. The Kier molecular flexibility index (Phi) is 3.87. The van der Waals surface area contributed by atoms with Crippen molar-refractivity contribution in [1.29, 1.82) is 0 Å². The van der Waals surface area contributed by atoms with Gasteiger partial charge in [0.15, 0.2) is 5.60 Å². The van der Waals surface area contributed by atoms with Crippen LogP contribution in [-0.4, -0.2) is 29.0 Å². The maximum absolute atomic E-state index is 11.4. The van der Waals surface area contributed by atoms with Crippen molar-refractivity contribution < 1.29 is 29.5 Å². The largest absolute Gasteiger partial charge is 0.508 e. The first-order chi connectivity index (χ1) is 12.8. The van der Waals surface area contributed by atoms with Crippen LogP contribution in [0.3, 0.4) is 0 Å². The molecule has 2 aliphatic heterocycles. The Morgan fingerprint density at radius 2 is 1.93 bits per heavy atom. The molecule has 0 radical (unpaired) electrons. The standard InChI is InChI=1S/C21H22O6/c1-12(2)4-6-14-17(25-3)9-8-16-19(14)27-21(24)15-7-5-13(22)10-18(15)26-11-20(16,21)23/h4-5,7-10,22-24H,6,11H2,1-3H3. The second-order valence-electron chi connectivity index (χ2n) is 7.18. The van der Waals surface area contributed by atoms with E-state index in [4.69, 9.17) is 14.2 Å². The molecule has 0 aliphatic carbocycles. The molecule has 6 heteroatoms. The third-order valence-electron chi connectivity index (χ3n) is 5.17. The first kappa shape index (κ1) is 17.7. The maximum atomic E-state index is 11.4. The Morgan fingerprint density at radius 3 is 2.63 bits per heavy atom. The zero-order valence-electron chi connectivity index (χ0n) is 15.4.